The van der Waals surface area contributed by atoms with Crippen molar-refractivity contribution < 1.29 is 4.79 Å². The van der Waals surface area contributed by atoms with Crippen molar-refractivity contribution in [1.29, 1.82) is 0 Å². The lowest BCUT2D eigenvalue weighted by Gasteiger charge is -2.11. The van der Waals surface area contributed by atoms with Crippen LogP contribution in [0.15, 0.2) is 70.8 Å². The van der Waals surface area contributed by atoms with Crippen LogP contribution in [-0.2, 0) is 7.05 Å². The van der Waals surface area contributed by atoms with E-state index in [2.05, 4.69) is 0 Å². The molecule has 0 aliphatic carbocycles. The van der Waals surface area contributed by atoms with Crippen molar-refractivity contribution in [2.75, 3.05) is 0 Å². The first-order chi connectivity index (χ1) is 12.5. The third kappa shape index (κ3) is 2.87. The van der Waals surface area contributed by atoms with E-state index in [4.69, 9.17) is 11.6 Å². The van der Waals surface area contributed by atoms with Gasteiger partial charge in [-0.1, -0.05) is 17.7 Å². The van der Waals surface area contributed by atoms with Crippen LogP contribution in [0, 0.1) is 0 Å². The lowest BCUT2D eigenvalue weighted by Crippen LogP contribution is -2.16. The summed E-state index contributed by atoms with van der Waals surface area (Å²) in [6.45, 7) is 0. The molecular formula is C21H14ClNO2S. The Kier molecular flexibility index (Phi) is 4.23. The quantitative estimate of drug-likeness (QED) is 0.462. The topological polar surface area (TPSA) is 39.1 Å². The maximum absolute atomic E-state index is 12.8. The monoisotopic (exact) mass is 379 g/mol. The third-order valence-corrected chi connectivity index (χ3v) is 5.56. The third-order valence-electron chi connectivity index (χ3n) is 4.40. The number of carbonyl (C=O) groups is 1. The molecule has 0 radical (unpaired) electrons. The number of hydrogen-bond donors (Lipinski definition) is 0. The van der Waals surface area contributed by atoms with Gasteiger partial charge in [0.25, 0.3) is 5.56 Å². The number of carbonyl (C=O) groups excluding carboxylic acids is 1. The molecule has 2 heterocycles. The fourth-order valence-electron chi connectivity index (χ4n) is 3.01. The Morgan fingerprint density at radius 2 is 1.73 bits per heavy atom. The second-order valence-corrected chi connectivity index (χ2v) is 7.38. The molecule has 0 N–H and O–H groups in total. The average molecular weight is 380 g/mol. The number of hydrogen-bond acceptors (Lipinski definition) is 3. The highest BCUT2D eigenvalue weighted by Crippen LogP contribution is 2.31. The Labute approximate surface area is 159 Å². The summed E-state index contributed by atoms with van der Waals surface area (Å²) in [5, 5.41) is 3.45. The van der Waals surface area contributed by atoms with E-state index in [0.717, 1.165) is 21.3 Å². The lowest BCUT2D eigenvalue weighted by atomic mass is 9.99. The number of benzene rings is 2. The van der Waals surface area contributed by atoms with Crippen LogP contribution >= 0.6 is 22.9 Å². The molecule has 0 saturated heterocycles. The summed E-state index contributed by atoms with van der Waals surface area (Å²) in [6.07, 6.45) is 0. The first-order valence-electron chi connectivity index (χ1n) is 8.02. The predicted molar refractivity (Wildman–Crippen MR) is 107 cm³/mol. The van der Waals surface area contributed by atoms with Crippen LogP contribution in [0.5, 0.6) is 0 Å². The molecule has 128 valence electrons. The Morgan fingerprint density at radius 1 is 1.00 bits per heavy atom. The zero-order chi connectivity index (χ0) is 18.3. The SMILES string of the molecule is Cn1c(=O)cc(-c2cccs2)c2cc(C(=O)c3ccc(Cl)cc3)ccc21. The van der Waals surface area contributed by atoms with Crippen molar-refractivity contribution in [3.63, 3.8) is 0 Å². The highest BCUT2D eigenvalue weighted by atomic mass is 35.5. The van der Waals surface area contributed by atoms with Gasteiger partial charge in [0, 0.05) is 45.1 Å². The van der Waals surface area contributed by atoms with Gasteiger partial charge in [0.15, 0.2) is 5.78 Å². The van der Waals surface area contributed by atoms with Gasteiger partial charge in [0.2, 0.25) is 0 Å². The maximum Gasteiger partial charge on any atom is 0.251 e. The smallest absolute Gasteiger partial charge is 0.251 e. The van der Waals surface area contributed by atoms with Gasteiger partial charge in [-0.3, -0.25) is 9.59 Å². The molecule has 0 spiro atoms. The van der Waals surface area contributed by atoms with Gasteiger partial charge in [0.1, 0.15) is 0 Å². The van der Waals surface area contributed by atoms with E-state index in [1.807, 2.05) is 29.6 Å². The molecule has 0 bridgehead atoms. The summed E-state index contributed by atoms with van der Waals surface area (Å²) in [4.78, 5) is 26.2. The van der Waals surface area contributed by atoms with Gasteiger partial charge in [0.05, 0.1) is 5.52 Å². The van der Waals surface area contributed by atoms with Crippen LogP contribution in [0.25, 0.3) is 21.3 Å². The molecule has 0 unspecified atom stereocenters. The number of nitrogens with zero attached hydrogens (tertiary/aromatic N) is 1. The second-order valence-electron chi connectivity index (χ2n) is 6.00. The molecule has 4 rings (SSSR count). The van der Waals surface area contributed by atoms with E-state index < -0.39 is 0 Å². The van der Waals surface area contributed by atoms with E-state index in [0.29, 0.717) is 16.1 Å². The Balaban J connectivity index is 1.93. The van der Waals surface area contributed by atoms with Crippen LogP contribution in [0.3, 0.4) is 0 Å². The fraction of sp³-hybridized carbons (Fsp3) is 0.0476. The number of thiophene rings is 1. The molecule has 0 aliphatic rings. The molecule has 2 aromatic heterocycles. The number of aryl methyl sites for hydroxylation is 1. The highest BCUT2D eigenvalue weighted by Gasteiger charge is 2.14. The van der Waals surface area contributed by atoms with Crippen molar-refractivity contribution in [1.82, 2.24) is 4.57 Å². The molecule has 5 heteroatoms. The molecule has 0 aliphatic heterocycles. The van der Waals surface area contributed by atoms with Gasteiger partial charge in [-0.15, -0.1) is 11.3 Å². The average Bonchev–Trinajstić information content (AvgIpc) is 3.19. The lowest BCUT2D eigenvalue weighted by molar-refractivity contribution is 0.103. The van der Waals surface area contributed by atoms with Crippen molar-refractivity contribution in [3.05, 3.63) is 92.5 Å². The van der Waals surface area contributed by atoms with E-state index >= 15 is 0 Å². The summed E-state index contributed by atoms with van der Waals surface area (Å²) >= 11 is 7.48. The standard InChI is InChI=1S/C21H14ClNO2S/c1-23-18-9-6-14(21(25)13-4-7-15(22)8-5-13)11-16(18)17(12-20(23)24)19-3-2-10-26-19/h2-12H,1H3. The van der Waals surface area contributed by atoms with Crippen molar-refractivity contribution in [2.24, 2.45) is 7.05 Å². The van der Waals surface area contributed by atoms with Gasteiger partial charge in [-0.25, -0.2) is 0 Å². The molecule has 4 aromatic rings. The molecule has 26 heavy (non-hydrogen) atoms. The largest absolute Gasteiger partial charge is 0.311 e. The van der Waals surface area contributed by atoms with Crippen LogP contribution < -0.4 is 5.56 Å². The van der Waals surface area contributed by atoms with Gasteiger partial charge in [-0.05, 0) is 53.9 Å². The van der Waals surface area contributed by atoms with Crippen LogP contribution in [0.2, 0.25) is 5.02 Å². The van der Waals surface area contributed by atoms with Crippen molar-refractivity contribution in [2.45, 2.75) is 0 Å². The molecule has 0 amide bonds. The number of rotatable bonds is 3. The number of ketones is 1. The summed E-state index contributed by atoms with van der Waals surface area (Å²) in [7, 11) is 1.74. The molecule has 0 fully saturated rings. The molecule has 0 saturated carbocycles. The fourth-order valence-corrected chi connectivity index (χ4v) is 3.89. The minimum absolute atomic E-state index is 0.0716. The summed E-state index contributed by atoms with van der Waals surface area (Å²) in [6, 6.07) is 17.9. The maximum atomic E-state index is 12.8. The number of halogens is 1. The number of fused-ring (bicyclic) bond motifs is 1. The van der Waals surface area contributed by atoms with Crippen molar-refractivity contribution >= 4 is 39.6 Å². The Hall–Kier alpha value is -2.69. The molecule has 3 nitrogen and oxygen atoms in total. The first kappa shape index (κ1) is 16.8. The minimum Gasteiger partial charge on any atom is -0.311 e. The molecule has 2 aromatic carbocycles. The van der Waals surface area contributed by atoms with E-state index in [1.165, 1.54) is 0 Å². The predicted octanol–water partition coefficient (Wildman–Crippen LogP) is 5.15. The van der Waals surface area contributed by atoms with E-state index in [-0.39, 0.29) is 11.3 Å². The summed E-state index contributed by atoms with van der Waals surface area (Å²) in [5.41, 5.74) is 2.74. The summed E-state index contributed by atoms with van der Waals surface area (Å²) < 4.78 is 1.60. The molecular weight excluding hydrogens is 366 g/mol. The summed E-state index contributed by atoms with van der Waals surface area (Å²) in [5.74, 6) is -0.0745. The van der Waals surface area contributed by atoms with Crippen LogP contribution in [0.1, 0.15) is 15.9 Å². The molecule has 0 atom stereocenters. The number of aromatic nitrogens is 1. The Bertz CT molecular complexity index is 1180. The van der Waals surface area contributed by atoms with Gasteiger partial charge in [-0.2, -0.15) is 0 Å². The zero-order valence-electron chi connectivity index (χ0n) is 13.9. The number of pyridine rings is 1. The Morgan fingerprint density at radius 3 is 2.42 bits per heavy atom. The van der Waals surface area contributed by atoms with Gasteiger partial charge < -0.3 is 4.57 Å². The van der Waals surface area contributed by atoms with E-state index in [9.17, 15) is 9.59 Å². The van der Waals surface area contributed by atoms with Crippen LogP contribution in [-0.4, -0.2) is 10.4 Å². The van der Waals surface area contributed by atoms with Crippen LogP contribution in [0.4, 0.5) is 0 Å². The minimum atomic E-state index is -0.0745. The zero-order valence-corrected chi connectivity index (χ0v) is 15.5. The second kappa shape index (κ2) is 6.56. The first-order valence-corrected chi connectivity index (χ1v) is 9.28. The van der Waals surface area contributed by atoms with Crippen molar-refractivity contribution in [3.8, 4) is 10.4 Å². The highest BCUT2D eigenvalue weighted by molar-refractivity contribution is 7.13. The van der Waals surface area contributed by atoms with E-state index in [1.54, 1.807) is 59.3 Å². The normalized spacial score (nSPS) is 11.0. The van der Waals surface area contributed by atoms with Gasteiger partial charge >= 0.3 is 0 Å².